The molecular weight excluding hydrogens is 755 g/mol. The SMILES string of the molecule is O=C(O)CCCCCCCCCCCCCCC(=O)N[C@@H](CCC(=O)NCCOCCOCC(=O)NCCOCCNC(=O)CI)C(=O)O. The molecule has 0 aromatic rings. The molecule has 0 saturated carbocycles. The van der Waals surface area contributed by atoms with E-state index in [1.54, 1.807) is 0 Å². The van der Waals surface area contributed by atoms with Crippen molar-refractivity contribution in [2.45, 2.75) is 109 Å². The summed E-state index contributed by atoms with van der Waals surface area (Å²) in [6, 6.07) is -1.13. The molecule has 0 aliphatic carbocycles. The standard InChI is InChI=1S/C33H59IN4O11/c34-25-30(41)36-18-20-47-21-19-37-31(42)26-49-24-23-48-22-17-35-28(39)16-15-27(33(45)46)38-29(40)13-11-9-7-5-3-1-2-4-6-8-10-12-14-32(43)44/h27H,1-26H2,(H,35,39)(H,36,41)(H,37,42)(H,38,40)(H,43,44)(H,45,46)/t27-/m0/s1. The van der Waals surface area contributed by atoms with Crippen molar-refractivity contribution in [2.75, 3.05) is 63.7 Å². The first-order valence-corrected chi connectivity index (χ1v) is 19.0. The maximum absolute atomic E-state index is 12.2. The molecule has 284 valence electrons. The zero-order valence-corrected chi connectivity index (χ0v) is 31.1. The highest BCUT2D eigenvalue weighted by atomic mass is 127. The van der Waals surface area contributed by atoms with Gasteiger partial charge in [0.25, 0.3) is 0 Å². The third kappa shape index (κ3) is 33.7. The fraction of sp³-hybridized carbons (Fsp3) is 0.818. The predicted molar refractivity (Wildman–Crippen MR) is 191 cm³/mol. The van der Waals surface area contributed by atoms with Crippen LogP contribution in [0.3, 0.4) is 0 Å². The number of nitrogens with one attached hydrogen (secondary N) is 4. The second-order valence-electron chi connectivity index (χ2n) is 11.6. The summed E-state index contributed by atoms with van der Waals surface area (Å²) in [6.07, 6.45) is 12.8. The summed E-state index contributed by atoms with van der Waals surface area (Å²) in [5.41, 5.74) is 0. The monoisotopic (exact) mass is 814 g/mol. The Morgan fingerprint density at radius 1 is 0.510 bits per heavy atom. The van der Waals surface area contributed by atoms with Crippen LogP contribution < -0.4 is 21.3 Å². The van der Waals surface area contributed by atoms with Crippen molar-refractivity contribution >= 4 is 58.2 Å². The molecule has 6 N–H and O–H groups in total. The normalized spacial score (nSPS) is 11.4. The summed E-state index contributed by atoms with van der Waals surface area (Å²) in [4.78, 5) is 69.2. The number of halogens is 1. The number of carbonyl (C=O) groups excluding carboxylic acids is 4. The minimum absolute atomic E-state index is 0.0188. The van der Waals surface area contributed by atoms with E-state index in [4.69, 9.17) is 19.3 Å². The van der Waals surface area contributed by atoms with Crippen LogP contribution in [0.4, 0.5) is 0 Å². The molecule has 16 heteroatoms. The van der Waals surface area contributed by atoms with Crippen molar-refractivity contribution in [1.82, 2.24) is 21.3 Å². The lowest BCUT2D eigenvalue weighted by atomic mass is 10.0. The number of aliphatic carboxylic acids is 2. The number of rotatable bonds is 35. The fourth-order valence-corrected chi connectivity index (χ4v) is 4.86. The van der Waals surface area contributed by atoms with Gasteiger partial charge in [-0.3, -0.25) is 24.0 Å². The molecule has 49 heavy (non-hydrogen) atoms. The van der Waals surface area contributed by atoms with E-state index < -0.39 is 18.0 Å². The van der Waals surface area contributed by atoms with Crippen LogP contribution >= 0.6 is 22.6 Å². The van der Waals surface area contributed by atoms with Gasteiger partial charge in [0, 0.05) is 38.9 Å². The van der Waals surface area contributed by atoms with Gasteiger partial charge in [0.1, 0.15) is 12.6 Å². The van der Waals surface area contributed by atoms with Crippen molar-refractivity contribution in [3.63, 3.8) is 0 Å². The first-order valence-electron chi connectivity index (χ1n) is 17.5. The van der Waals surface area contributed by atoms with Crippen molar-refractivity contribution in [1.29, 1.82) is 0 Å². The average Bonchev–Trinajstić information content (AvgIpc) is 3.06. The second kappa shape index (κ2) is 33.9. The number of hydrogen-bond acceptors (Lipinski definition) is 9. The van der Waals surface area contributed by atoms with E-state index in [0.29, 0.717) is 37.2 Å². The lowest BCUT2D eigenvalue weighted by Crippen LogP contribution is -2.41. The number of carbonyl (C=O) groups is 6. The molecule has 0 unspecified atom stereocenters. The molecule has 0 spiro atoms. The highest BCUT2D eigenvalue weighted by Gasteiger charge is 2.20. The van der Waals surface area contributed by atoms with Gasteiger partial charge in [-0.05, 0) is 19.3 Å². The van der Waals surface area contributed by atoms with E-state index >= 15 is 0 Å². The molecule has 0 rings (SSSR count). The first-order chi connectivity index (χ1) is 23.6. The van der Waals surface area contributed by atoms with Crippen LogP contribution in [-0.4, -0.2) is 116 Å². The fourth-order valence-electron chi connectivity index (χ4n) is 4.59. The number of alkyl halides is 1. The largest absolute Gasteiger partial charge is 0.481 e. The van der Waals surface area contributed by atoms with Crippen LogP contribution in [0.1, 0.15) is 103 Å². The highest BCUT2D eigenvalue weighted by molar-refractivity contribution is 14.1. The Hall–Kier alpha value is -2.57. The van der Waals surface area contributed by atoms with Crippen LogP contribution in [0.25, 0.3) is 0 Å². The Balaban J connectivity index is 3.69. The zero-order chi connectivity index (χ0) is 36.4. The number of carboxylic acid groups (broad SMARTS) is 2. The summed E-state index contributed by atoms with van der Waals surface area (Å²) in [6.45, 7) is 2.14. The quantitative estimate of drug-likeness (QED) is 0.0311. The zero-order valence-electron chi connectivity index (χ0n) is 28.9. The Morgan fingerprint density at radius 2 is 0.959 bits per heavy atom. The third-order valence-electron chi connectivity index (χ3n) is 7.27. The predicted octanol–water partition coefficient (Wildman–Crippen LogP) is 2.72. The van der Waals surface area contributed by atoms with Gasteiger partial charge in [-0.2, -0.15) is 0 Å². The molecule has 1 atom stereocenters. The summed E-state index contributed by atoms with van der Waals surface area (Å²) in [5, 5.41) is 28.6. The highest BCUT2D eigenvalue weighted by Crippen LogP contribution is 2.13. The minimum Gasteiger partial charge on any atom is -0.481 e. The van der Waals surface area contributed by atoms with Gasteiger partial charge >= 0.3 is 11.9 Å². The molecule has 4 amide bonds. The molecule has 0 heterocycles. The smallest absolute Gasteiger partial charge is 0.326 e. The molecule has 0 bridgehead atoms. The Bertz CT molecular complexity index is 927. The lowest BCUT2D eigenvalue weighted by molar-refractivity contribution is -0.142. The van der Waals surface area contributed by atoms with Crippen LogP contribution in [-0.2, 0) is 43.0 Å². The molecule has 0 aliphatic heterocycles. The van der Waals surface area contributed by atoms with E-state index in [-0.39, 0.29) is 82.3 Å². The van der Waals surface area contributed by atoms with Gasteiger partial charge in [-0.1, -0.05) is 86.8 Å². The Labute approximate surface area is 304 Å². The number of hydrogen-bond donors (Lipinski definition) is 6. The lowest BCUT2D eigenvalue weighted by Gasteiger charge is -2.14. The topological polar surface area (TPSA) is 219 Å². The van der Waals surface area contributed by atoms with Gasteiger partial charge in [0.2, 0.25) is 23.6 Å². The molecule has 15 nitrogen and oxygen atoms in total. The molecular formula is C33H59IN4O11. The van der Waals surface area contributed by atoms with Gasteiger partial charge in [-0.25, -0.2) is 4.79 Å². The Morgan fingerprint density at radius 3 is 1.47 bits per heavy atom. The first kappa shape index (κ1) is 46.4. The van der Waals surface area contributed by atoms with Crippen LogP contribution in [0.15, 0.2) is 0 Å². The van der Waals surface area contributed by atoms with Gasteiger partial charge in [0.15, 0.2) is 0 Å². The van der Waals surface area contributed by atoms with E-state index in [2.05, 4.69) is 21.3 Å². The third-order valence-corrected chi connectivity index (χ3v) is 7.96. The van der Waals surface area contributed by atoms with Crippen LogP contribution in [0.2, 0.25) is 0 Å². The molecule has 0 aliphatic rings. The number of carboxylic acids is 2. The molecule has 0 radical (unpaired) electrons. The summed E-state index contributed by atoms with van der Waals surface area (Å²) >= 11 is 1.97. The van der Waals surface area contributed by atoms with Crippen molar-refractivity contribution in [3.8, 4) is 0 Å². The van der Waals surface area contributed by atoms with Gasteiger partial charge < -0.3 is 45.7 Å². The minimum atomic E-state index is -1.18. The van der Waals surface area contributed by atoms with Crippen molar-refractivity contribution < 1.29 is 53.2 Å². The van der Waals surface area contributed by atoms with Gasteiger partial charge in [-0.15, -0.1) is 0 Å². The van der Waals surface area contributed by atoms with Crippen LogP contribution in [0.5, 0.6) is 0 Å². The maximum Gasteiger partial charge on any atom is 0.326 e. The van der Waals surface area contributed by atoms with E-state index in [9.17, 15) is 33.9 Å². The van der Waals surface area contributed by atoms with E-state index in [1.807, 2.05) is 22.6 Å². The average molecular weight is 815 g/mol. The summed E-state index contributed by atoms with van der Waals surface area (Å²) < 4.78 is 16.3. The van der Waals surface area contributed by atoms with Gasteiger partial charge in [0.05, 0.1) is 37.5 Å². The van der Waals surface area contributed by atoms with Crippen LogP contribution in [0, 0.1) is 0 Å². The molecule has 0 aromatic carbocycles. The van der Waals surface area contributed by atoms with Crippen molar-refractivity contribution in [3.05, 3.63) is 0 Å². The summed E-state index contributed by atoms with van der Waals surface area (Å²) in [7, 11) is 0. The molecule has 0 aromatic heterocycles. The number of unbranched alkanes of at least 4 members (excludes halogenated alkanes) is 11. The maximum atomic E-state index is 12.2. The number of amides is 4. The molecule has 0 saturated heterocycles. The van der Waals surface area contributed by atoms with E-state index in [1.165, 1.54) is 19.3 Å². The van der Waals surface area contributed by atoms with E-state index in [0.717, 1.165) is 51.4 Å². The molecule has 0 fully saturated rings. The second-order valence-corrected chi connectivity index (χ2v) is 12.4. The van der Waals surface area contributed by atoms with Crippen molar-refractivity contribution in [2.24, 2.45) is 0 Å². The number of ether oxygens (including phenoxy) is 3. The summed E-state index contributed by atoms with van der Waals surface area (Å²) in [5.74, 6) is -2.93. The Kier molecular flexibility index (Phi) is 32.1.